The zero-order valence-electron chi connectivity index (χ0n) is 50.9. The number of nitrogens with zero attached hydrogens (tertiary/aromatic N) is 2. The largest absolute Gasteiger partial charge is 0.456 e. The van der Waals surface area contributed by atoms with Crippen LogP contribution in [-0.4, -0.2) is 6.71 Å². The molecule has 4 heteroatoms. The van der Waals surface area contributed by atoms with Gasteiger partial charge in [-0.25, -0.2) is 0 Å². The number of aryl methyl sites for hydroxylation is 1. The van der Waals surface area contributed by atoms with E-state index in [0.29, 0.717) is 0 Å². The molecule has 0 amide bonds. The van der Waals surface area contributed by atoms with E-state index >= 15 is 0 Å². The third kappa shape index (κ3) is 7.36. The van der Waals surface area contributed by atoms with Crippen LogP contribution in [0.3, 0.4) is 0 Å². The van der Waals surface area contributed by atoms with Crippen LogP contribution in [0.15, 0.2) is 114 Å². The van der Waals surface area contributed by atoms with Crippen molar-refractivity contribution in [2.75, 3.05) is 9.80 Å². The van der Waals surface area contributed by atoms with Gasteiger partial charge in [-0.1, -0.05) is 159 Å². The lowest BCUT2D eigenvalue weighted by Crippen LogP contribution is -2.62. The summed E-state index contributed by atoms with van der Waals surface area (Å²) in [6.45, 7) is 41.9. The second-order valence-corrected chi connectivity index (χ2v) is 31.2. The van der Waals surface area contributed by atoms with E-state index in [1.807, 2.05) is 0 Å². The fourth-order valence-corrected chi connectivity index (χ4v) is 16.4. The SMILES string of the molecule is Cc1cc2c(cc1N1c3cc4c(cc3B3c5cc6c(cc5N(c5ccc7c(c5)C(C)(C)CCC7(C)C)c5cc(-c7ccccc7)cc1c53)C(C)(C)CCC6(C)C)oc1cc3c(cc14)C(C)(C)CCC3(C)C)C(C)(C)CCC2(C)C. The molecule has 0 N–H and O–H groups in total. The summed E-state index contributed by atoms with van der Waals surface area (Å²) in [6, 6.07) is 44.6. The van der Waals surface area contributed by atoms with Crippen molar-refractivity contribution >= 4 is 79.2 Å². The van der Waals surface area contributed by atoms with Gasteiger partial charge >= 0.3 is 0 Å². The van der Waals surface area contributed by atoms with Crippen LogP contribution in [0.2, 0.25) is 0 Å². The van der Waals surface area contributed by atoms with Crippen molar-refractivity contribution < 1.29 is 4.42 Å². The Morgan fingerprint density at radius 2 is 0.759 bits per heavy atom. The first-order valence-corrected chi connectivity index (χ1v) is 30.4. The van der Waals surface area contributed by atoms with E-state index in [1.165, 1.54) is 155 Å². The maximum Gasteiger partial charge on any atom is 0.252 e. The van der Waals surface area contributed by atoms with Crippen LogP contribution < -0.4 is 26.2 Å². The molecule has 0 atom stereocenters. The summed E-state index contributed by atoms with van der Waals surface area (Å²) in [5, 5.41) is 2.43. The van der Waals surface area contributed by atoms with Crippen molar-refractivity contribution in [3.8, 4) is 11.1 Å². The monoisotopic (exact) mass is 1040 g/mol. The van der Waals surface area contributed by atoms with Gasteiger partial charge in [0.1, 0.15) is 11.2 Å². The van der Waals surface area contributed by atoms with Gasteiger partial charge in [0.25, 0.3) is 6.71 Å². The average Bonchev–Trinajstić information content (AvgIpc) is 3.90. The normalized spacial score (nSPS) is 21.6. The second-order valence-electron chi connectivity index (χ2n) is 31.2. The Morgan fingerprint density at radius 1 is 0.342 bits per heavy atom. The Morgan fingerprint density at radius 3 is 1.33 bits per heavy atom. The Labute approximate surface area is 473 Å². The highest BCUT2D eigenvalue weighted by Gasteiger charge is 2.49. The van der Waals surface area contributed by atoms with E-state index in [4.69, 9.17) is 4.42 Å². The lowest BCUT2D eigenvalue weighted by atomic mass is 9.33. The van der Waals surface area contributed by atoms with Crippen LogP contribution in [-0.2, 0) is 43.3 Å². The topological polar surface area (TPSA) is 19.6 Å². The van der Waals surface area contributed by atoms with E-state index in [9.17, 15) is 0 Å². The average molecular weight is 1040 g/mol. The summed E-state index contributed by atoms with van der Waals surface area (Å²) in [5.74, 6) is 0. The van der Waals surface area contributed by atoms with Crippen molar-refractivity contribution in [2.24, 2.45) is 0 Å². The molecule has 8 aromatic rings. The van der Waals surface area contributed by atoms with Gasteiger partial charge in [0, 0.05) is 44.9 Å². The van der Waals surface area contributed by atoms with Crippen molar-refractivity contribution in [2.45, 2.75) is 212 Å². The lowest BCUT2D eigenvalue weighted by molar-refractivity contribution is 0.332. The van der Waals surface area contributed by atoms with Crippen molar-refractivity contribution in [3.63, 3.8) is 0 Å². The van der Waals surface area contributed by atoms with E-state index < -0.39 is 0 Å². The number of hydrogen-bond acceptors (Lipinski definition) is 3. The minimum atomic E-state index is -0.0662. The zero-order valence-corrected chi connectivity index (χ0v) is 50.9. The Hall–Kier alpha value is -6.00. The summed E-state index contributed by atoms with van der Waals surface area (Å²) >= 11 is 0. The molecule has 79 heavy (non-hydrogen) atoms. The smallest absolute Gasteiger partial charge is 0.252 e. The van der Waals surface area contributed by atoms with E-state index in [1.54, 1.807) is 0 Å². The molecule has 0 fully saturated rings. The van der Waals surface area contributed by atoms with Crippen LogP contribution in [0.5, 0.6) is 0 Å². The van der Waals surface area contributed by atoms with Crippen LogP contribution >= 0.6 is 0 Å². The zero-order chi connectivity index (χ0) is 55.7. The first-order valence-electron chi connectivity index (χ1n) is 30.4. The third-order valence-corrected chi connectivity index (χ3v) is 22.2. The molecule has 7 aromatic carbocycles. The fourth-order valence-electron chi connectivity index (χ4n) is 16.4. The number of fused-ring (bicyclic) bond motifs is 11. The van der Waals surface area contributed by atoms with Crippen LogP contribution in [0.1, 0.15) is 212 Å². The highest BCUT2D eigenvalue weighted by molar-refractivity contribution is 7.00. The highest BCUT2D eigenvalue weighted by atomic mass is 16.3. The van der Waals surface area contributed by atoms with Crippen LogP contribution in [0.4, 0.5) is 34.1 Å². The van der Waals surface area contributed by atoms with Crippen LogP contribution in [0.25, 0.3) is 33.1 Å². The molecule has 2 aliphatic heterocycles. The first-order chi connectivity index (χ1) is 37.0. The molecule has 0 radical (unpaired) electrons. The molecule has 6 aliphatic rings. The van der Waals surface area contributed by atoms with Gasteiger partial charge in [-0.15, -0.1) is 0 Å². The molecule has 0 saturated heterocycles. The highest BCUT2D eigenvalue weighted by Crippen LogP contribution is 2.56. The molecule has 0 spiro atoms. The maximum absolute atomic E-state index is 7.33. The number of rotatable bonds is 3. The van der Waals surface area contributed by atoms with Crippen molar-refractivity contribution in [1.29, 1.82) is 0 Å². The Kier molecular flexibility index (Phi) is 10.5. The predicted molar refractivity (Wildman–Crippen MR) is 339 cm³/mol. The molecule has 404 valence electrons. The summed E-state index contributed by atoms with van der Waals surface area (Å²) in [5.41, 5.74) is 29.7. The van der Waals surface area contributed by atoms with Gasteiger partial charge in [-0.3, -0.25) is 0 Å². The predicted octanol–water partition coefficient (Wildman–Crippen LogP) is 19.0. The second kappa shape index (κ2) is 16.1. The molecule has 14 rings (SSSR count). The maximum atomic E-state index is 7.33. The Balaban J connectivity index is 1.15. The van der Waals surface area contributed by atoms with Crippen molar-refractivity contribution in [1.82, 2.24) is 0 Å². The number of benzene rings is 7. The molecule has 0 saturated carbocycles. The quantitative estimate of drug-likeness (QED) is 0.164. The first kappa shape index (κ1) is 51.2. The van der Waals surface area contributed by atoms with E-state index in [2.05, 4.69) is 237 Å². The fraction of sp³-hybridized carbons (Fsp3) is 0.440. The standard InChI is InChI=1S/C75H85BN2O/c1-44-33-51-55(73(12,13)30-27-69(51,4)5)40-60(44)78-61-38-49-48-37-53-57(75(16,17)32-28-71(53,8)9)42-65(48)79-66(49)43-59(61)76-58-39-54-56(74(14,15)31-29-72(54,10)11)41-62(58)77(47-23-24-50-52(36-47)70(6,7)26-25-68(50,2)3)63-34-46(35-64(78)67(63)76)45-21-19-18-20-22-45/h18-24,33-43H,25-32H2,1-17H3. The molecule has 3 nitrogen and oxygen atoms in total. The van der Waals surface area contributed by atoms with Gasteiger partial charge in [0.15, 0.2) is 0 Å². The van der Waals surface area contributed by atoms with Gasteiger partial charge in [-0.2, -0.15) is 0 Å². The molecule has 1 aromatic heterocycles. The lowest BCUT2D eigenvalue weighted by Gasteiger charge is -2.48. The van der Waals surface area contributed by atoms with E-state index in [0.717, 1.165) is 30.4 Å². The number of hydrogen-bond donors (Lipinski definition) is 0. The van der Waals surface area contributed by atoms with Gasteiger partial charge < -0.3 is 14.2 Å². The molecular weight excluding hydrogens is 956 g/mol. The van der Waals surface area contributed by atoms with Gasteiger partial charge in [0.05, 0.1) is 0 Å². The van der Waals surface area contributed by atoms with Crippen molar-refractivity contribution in [3.05, 3.63) is 159 Å². The third-order valence-electron chi connectivity index (χ3n) is 22.2. The minimum absolute atomic E-state index is 0.0140. The molecule has 0 unspecified atom stereocenters. The van der Waals surface area contributed by atoms with Gasteiger partial charge in [0.2, 0.25) is 0 Å². The molecule has 4 aliphatic carbocycles. The summed E-state index contributed by atoms with van der Waals surface area (Å²) in [6.07, 6.45) is 9.34. The molecule has 0 bridgehead atoms. The summed E-state index contributed by atoms with van der Waals surface area (Å²) in [7, 11) is 0. The van der Waals surface area contributed by atoms with E-state index in [-0.39, 0.29) is 50.0 Å². The number of furan rings is 1. The summed E-state index contributed by atoms with van der Waals surface area (Å²) < 4.78 is 7.33. The minimum Gasteiger partial charge on any atom is -0.456 e. The Bertz CT molecular complexity index is 3940. The van der Waals surface area contributed by atoms with Crippen LogP contribution in [0, 0.1) is 6.92 Å². The molecule has 3 heterocycles. The van der Waals surface area contributed by atoms with Gasteiger partial charge in [-0.05, 0) is 240 Å². The summed E-state index contributed by atoms with van der Waals surface area (Å²) in [4.78, 5) is 5.47. The molecular formula is C75H85BN2O. The number of anilines is 6.